The minimum Gasteiger partial charge on any atom is -0.480 e. The fraction of sp³-hybridized carbons (Fsp3) is 0.714. The summed E-state index contributed by atoms with van der Waals surface area (Å²) in [5, 5.41) is 14.3. The van der Waals surface area contributed by atoms with Crippen LogP contribution in [0.5, 0.6) is 0 Å². The molecule has 3 N–H and O–H groups in total. The van der Waals surface area contributed by atoms with Crippen LogP contribution in [0.1, 0.15) is 39.5 Å². The van der Waals surface area contributed by atoms with E-state index in [0.29, 0.717) is 11.8 Å². The van der Waals surface area contributed by atoms with E-state index in [-0.39, 0.29) is 12.5 Å². The molecule has 2 amide bonds. The normalized spacial score (nSPS) is 28.2. The predicted molar refractivity (Wildman–Crippen MR) is 73.9 cm³/mol. The molecule has 1 saturated carbocycles. The van der Waals surface area contributed by atoms with Crippen molar-refractivity contribution in [1.29, 1.82) is 0 Å². The van der Waals surface area contributed by atoms with Crippen LogP contribution in [0, 0.1) is 11.8 Å². The zero-order valence-corrected chi connectivity index (χ0v) is 11.7. The number of carboxylic acids is 1. The molecule has 0 aliphatic heterocycles. The number of hydrogen-bond donors (Lipinski definition) is 3. The molecule has 1 aliphatic rings. The van der Waals surface area contributed by atoms with E-state index in [1.165, 1.54) is 6.08 Å². The smallest absolute Gasteiger partial charge is 0.326 e. The first-order valence-corrected chi connectivity index (χ1v) is 6.84. The van der Waals surface area contributed by atoms with Gasteiger partial charge in [0.15, 0.2) is 0 Å². The summed E-state index contributed by atoms with van der Waals surface area (Å²) < 4.78 is 0. The third kappa shape index (κ3) is 4.93. The van der Waals surface area contributed by atoms with Crippen LogP contribution >= 0.6 is 0 Å². The summed E-state index contributed by atoms with van der Waals surface area (Å²) in [4.78, 5) is 22.7. The summed E-state index contributed by atoms with van der Waals surface area (Å²) in [6.45, 7) is 7.91. The molecule has 5 nitrogen and oxygen atoms in total. The topological polar surface area (TPSA) is 78.4 Å². The van der Waals surface area contributed by atoms with Gasteiger partial charge in [-0.2, -0.15) is 0 Å². The lowest BCUT2D eigenvalue weighted by Gasteiger charge is -2.32. The zero-order chi connectivity index (χ0) is 14.4. The van der Waals surface area contributed by atoms with Crippen LogP contribution in [0.4, 0.5) is 4.79 Å². The molecule has 0 aromatic heterocycles. The number of carbonyl (C=O) groups excluding carboxylic acids is 1. The second-order valence-corrected chi connectivity index (χ2v) is 5.50. The molecule has 4 atom stereocenters. The first-order valence-electron chi connectivity index (χ1n) is 6.84. The Hall–Kier alpha value is -1.52. The van der Waals surface area contributed by atoms with E-state index in [1.54, 1.807) is 0 Å². The van der Waals surface area contributed by atoms with Crippen molar-refractivity contribution in [2.24, 2.45) is 11.8 Å². The monoisotopic (exact) mass is 268 g/mol. The first kappa shape index (κ1) is 15.5. The molecule has 19 heavy (non-hydrogen) atoms. The van der Waals surface area contributed by atoms with Crippen LogP contribution in [-0.2, 0) is 4.79 Å². The Labute approximate surface area is 114 Å². The summed E-state index contributed by atoms with van der Waals surface area (Å²) in [5.74, 6) is 0.233. The molecule has 108 valence electrons. The van der Waals surface area contributed by atoms with Gasteiger partial charge < -0.3 is 15.7 Å². The van der Waals surface area contributed by atoms with Gasteiger partial charge in [0, 0.05) is 6.04 Å². The standard InChI is InChI=1S/C14H24N2O3/c1-4-5-12(13(17)18)16-14(19)15-11-7-6-9(2)10(3)8-11/h4,9-12H,1,5-8H2,2-3H3,(H,17,18)(H2,15,16,19). The third-order valence-electron chi connectivity index (χ3n) is 3.94. The highest BCUT2D eigenvalue weighted by atomic mass is 16.4. The number of rotatable bonds is 5. The Morgan fingerprint density at radius 3 is 2.58 bits per heavy atom. The molecule has 1 fully saturated rings. The zero-order valence-electron chi connectivity index (χ0n) is 11.7. The first-order chi connectivity index (χ1) is 8.93. The van der Waals surface area contributed by atoms with Crippen LogP contribution in [0.2, 0.25) is 0 Å². The number of carboxylic acid groups (broad SMARTS) is 1. The molecule has 0 radical (unpaired) electrons. The summed E-state index contributed by atoms with van der Waals surface area (Å²) in [7, 11) is 0. The lowest BCUT2D eigenvalue weighted by Crippen LogP contribution is -2.50. The van der Waals surface area contributed by atoms with Gasteiger partial charge in [0.1, 0.15) is 6.04 Å². The summed E-state index contributed by atoms with van der Waals surface area (Å²) in [6, 6.07) is -1.16. The van der Waals surface area contributed by atoms with Gasteiger partial charge in [0.2, 0.25) is 0 Å². The van der Waals surface area contributed by atoms with E-state index < -0.39 is 18.0 Å². The van der Waals surface area contributed by atoms with Crippen molar-refractivity contribution in [3.8, 4) is 0 Å². The average molecular weight is 268 g/mol. The number of carbonyl (C=O) groups is 2. The van der Waals surface area contributed by atoms with E-state index in [9.17, 15) is 9.59 Å². The van der Waals surface area contributed by atoms with E-state index in [4.69, 9.17) is 5.11 Å². The molecule has 0 spiro atoms. The predicted octanol–water partition coefficient (Wildman–Crippen LogP) is 2.14. The molecule has 5 heteroatoms. The fourth-order valence-corrected chi connectivity index (χ4v) is 2.45. The summed E-state index contributed by atoms with van der Waals surface area (Å²) in [6.07, 6.45) is 4.72. The molecule has 0 heterocycles. The molecule has 1 aliphatic carbocycles. The number of amides is 2. The van der Waals surface area contributed by atoms with Crippen LogP contribution in [0.3, 0.4) is 0 Å². The van der Waals surface area contributed by atoms with E-state index in [0.717, 1.165) is 19.3 Å². The van der Waals surface area contributed by atoms with Crippen molar-refractivity contribution in [3.05, 3.63) is 12.7 Å². The average Bonchev–Trinajstić information content (AvgIpc) is 2.33. The number of aliphatic carboxylic acids is 1. The van der Waals surface area contributed by atoms with Gasteiger partial charge in [-0.15, -0.1) is 6.58 Å². The van der Waals surface area contributed by atoms with Gasteiger partial charge in [0.05, 0.1) is 0 Å². The number of urea groups is 1. The largest absolute Gasteiger partial charge is 0.480 e. The molecule has 0 aromatic rings. The van der Waals surface area contributed by atoms with Gasteiger partial charge in [-0.05, 0) is 37.5 Å². The SMILES string of the molecule is C=CCC(NC(=O)NC1CCC(C)C(C)C1)C(=O)O. The van der Waals surface area contributed by atoms with E-state index in [1.807, 2.05) is 0 Å². The van der Waals surface area contributed by atoms with Crippen LogP contribution < -0.4 is 10.6 Å². The van der Waals surface area contributed by atoms with E-state index in [2.05, 4.69) is 31.1 Å². The maximum atomic E-state index is 11.8. The van der Waals surface area contributed by atoms with Gasteiger partial charge >= 0.3 is 12.0 Å². The lowest BCUT2D eigenvalue weighted by atomic mass is 9.79. The van der Waals surface area contributed by atoms with Crippen LogP contribution in [0.15, 0.2) is 12.7 Å². The van der Waals surface area contributed by atoms with Crippen molar-refractivity contribution in [1.82, 2.24) is 10.6 Å². The molecule has 0 bridgehead atoms. The van der Waals surface area contributed by atoms with Gasteiger partial charge in [-0.3, -0.25) is 0 Å². The van der Waals surface area contributed by atoms with Gasteiger partial charge in [0.25, 0.3) is 0 Å². The lowest BCUT2D eigenvalue weighted by molar-refractivity contribution is -0.139. The van der Waals surface area contributed by atoms with E-state index >= 15 is 0 Å². The van der Waals surface area contributed by atoms with Crippen molar-refractivity contribution in [3.63, 3.8) is 0 Å². The van der Waals surface area contributed by atoms with Gasteiger partial charge in [-0.1, -0.05) is 19.9 Å². The minimum absolute atomic E-state index is 0.143. The molecule has 1 rings (SSSR count). The number of nitrogens with one attached hydrogen (secondary N) is 2. The number of hydrogen-bond acceptors (Lipinski definition) is 2. The molecule has 0 saturated heterocycles. The Bertz CT molecular complexity index is 344. The van der Waals surface area contributed by atoms with Crippen molar-refractivity contribution in [2.75, 3.05) is 0 Å². The molecule has 4 unspecified atom stereocenters. The fourth-order valence-electron chi connectivity index (χ4n) is 2.45. The summed E-state index contributed by atoms with van der Waals surface area (Å²) >= 11 is 0. The quantitative estimate of drug-likeness (QED) is 0.668. The van der Waals surface area contributed by atoms with Crippen molar-refractivity contribution in [2.45, 2.75) is 51.6 Å². The Morgan fingerprint density at radius 1 is 1.37 bits per heavy atom. The highest BCUT2D eigenvalue weighted by molar-refractivity contribution is 5.82. The Balaban J connectivity index is 2.42. The molecular formula is C14H24N2O3. The highest BCUT2D eigenvalue weighted by Crippen LogP contribution is 2.29. The molecule has 0 aromatic carbocycles. The second-order valence-electron chi connectivity index (χ2n) is 5.50. The van der Waals surface area contributed by atoms with Crippen LogP contribution in [0.25, 0.3) is 0 Å². The van der Waals surface area contributed by atoms with Crippen molar-refractivity contribution < 1.29 is 14.7 Å². The highest BCUT2D eigenvalue weighted by Gasteiger charge is 2.26. The van der Waals surface area contributed by atoms with Crippen molar-refractivity contribution >= 4 is 12.0 Å². The second kappa shape index (κ2) is 7.16. The maximum Gasteiger partial charge on any atom is 0.326 e. The molecular weight excluding hydrogens is 244 g/mol. The third-order valence-corrected chi connectivity index (χ3v) is 3.94. The Morgan fingerprint density at radius 2 is 2.05 bits per heavy atom. The maximum absolute atomic E-state index is 11.8. The minimum atomic E-state index is -1.04. The van der Waals surface area contributed by atoms with Crippen LogP contribution in [-0.4, -0.2) is 29.2 Å². The van der Waals surface area contributed by atoms with Gasteiger partial charge in [-0.25, -0.2) is 9.59 Å². The summed E-state index contributed by atoms with van der Waals surface area (Å²) in [5.41, 5.74) is 0. The Kier molecular flexibility index (Phi) is 5.86.